The Morgan fingerprint density at radius 2 is 2.23 bits per heavy atom. The quantitative estimate of drug-likeness (QED) is 0.691. The number of carboxylic acid groups (broad SMARTS) is 1. The summed E-state index contributed by atoms with van der Waals surface area (Å²) in [6.45, 7) is 1.54. The zero-order valence-corrected chi connectivity index (χ0v) is 7.96. The number of aromatic nitrogens is 2. The maximum Gasteiger partial charge on any atom is 0.339 e. The summed E-state index contributed by atoms with van der Waals surface area (Å²) in [6, 6.07) is 0. The second kappa shape index (κ2) is 3.61. The third-order valence-electron chi connectivity index (χ3n) is 1.44. The second-order valence-electron chi connectivity index (χ2n) is 2.41. The molecular weight excluding hydrogens is 192 g/mol. The third-order valence-corrected chi connectivity index (χ3v) is 2.16. The van der Waals surface area contributed by atoms with Gasteiger partial charge in [-0.3, -0.25) is 4.21 Å². The van der Waals surface area contributed by atoms with E-state index in [1.165, 1.54) is 12.5 Å². The van der Waals surface area contributed by atoms with Crippen molar-refractivity contribution in [3.8, 4) is 0 Å². The maximum absolute atomic E-state index is 10.9. The lowest BCUT2D eigenvalue weighted by atomic mass is 10.2. The van der Waals surface area contributed by atoms with Gasteiger partial charge in [-0.05, 0) is 6.92 Å². The summed E-state index contributed by atoms with van der Waals surface area (Å²) < 4.78 is 10.9. The van der Waals surface area contributed by atoms with Crippen molar-refractivity contribution >= 4 is 16.8 Å². The van der Waals surface area contributed by atoms with E-state index in [4.69, 9.17) is 5.11 Å². The Morgan fingerprint density at radius 1 is 1.62 bits per heavy atom. The molecule has 1 N–H and O–H groups in total. The van der Waals surface area contributed by atoms with Gasteiger partial charge in [0.25, 0.3) is 0 Å². The number of rotatable bonds is 2. The first-order chi connectivity index (χ1) is 6.02. The monoisotopic (exact) mass is 200 g/mol. The molecule has 0 aliphatic heterocycles. The molecule has 0 bridgehead atoms. The van der Waals surface area contributed by atoms with E-state index in [0.717, 1.165) is 0 Å². The van der Waals surface area contributed by atoms with Crippen LogP contribution in [0.3, 0.4) is 0 Å². The molecule has 1 unspecified atom stereocenters. The van der Waals surface area contributed by atoms with Gasteiger partial charge in [0.05, 0.1) is 22.1 Å². The molecule has 0 amide bonds. The summed E-state index contributed by atoms with van der Waals surface area (Å²) in [6.07, 6.45) is 2.61. The van der Waals surface area contributed by atoms with Crippen molar-refractivity contribution in [2.24, 2.45) is 0 Å². The van der Waals surface area contributed by atoms with Crippen molar-refractivity contribution in [3.05, 3.63) is 17.5 Å². The van der Waals surface area contributed by atoms with Crippen LogP contribution in [0, 0.1) is 6.92 Å². The van der Waals surface area contributed by atoms with E-state index in [1.807, 2.05) is 0 Å². The van der Waals surface area contributed by atoms with Crippen LogP contribution in [0.4, 0.5) is 0 Å². The molecule has 0 saturated heterocycles. The SMILES string of the molecule is Cc1nc(S(C)=O)ncc1C(=O)O. The van der Waals surface area contributed by atoms with E-state index >= 15 is 0 Å². The number of hydrogen-bond acceptors (Lipinski definition) is 4. The molecule has 0 spiro atoms. The van der Waals surface area contributed by atoms with E-state index in [9.17, 15) is 9.00 Å². The average molecular weight is 200 g/mol. The van der Waals surface area contributed by atoms with Gasteiger partial charge >= 0.3 is 5.97 Å². The molecule has 1 atom stereocenters. The van der Waals surface area contributed by atoms with Crippen LogP contribution in [-0.4, -0.2) is 31.5 Å². The minimum absolute atomic E-state index is 0.0363. The number of nitrogens with zero attached hydrogens (tertiary/aromatic N) is 2. The smallest absolute Gasteiger partial charge is 0.339 e. The molecule has 0 aliphatic rings. The molecule has 0 saturated carbocycles. The lowest BCUT2D eigenvalue weighted by Crippen LogP contribution is -2.06. The molecular formula is C7H8N2O3S. The largest absolute Gasteiger partial charge is 0.478 e. The number of aromatic carboxylic acids is 1. The number of hydrogen-bond donors (Lipinski definition) is 1. The first-order valence-electron chi connectivity index (χ1n) is 3.42. The molecule has 1 aromatic heterocycles. The Hall–Kier alpha value is -1.30. The molecule has 6 heteroatoms. The van der Waals surface area contributed by atoms with Crippen LogP contribution in [0.2, 0.25) is 0 Å². The van der Waals surface area contributed by atoms with Gasteiger partial charge in [-0.15, -0.1) is 0 Å². The highest BCUT2D eigenvalue weighted by atomic mass is 32.2. The molecule has 1 rings (SSSR count). The molecule has 0 aromatic carbocycles. The van der Waals surface area contributed by atoms with Crippen LogP contribution in [0.5, 0.6) is 0 Å². The van der Waals surface area contributed by atoms with E-state index in [-0.39, 0.29) is 10.7 Å². The van der Waals surface area contributed by atoms with Crippen molar-refractivity contribution in [2.45, 2.75) is 12.1 Å². The van der Waals surface area contributed by atoms with Crippen molar-refractivity contribution in [1.29, 1.82) is 0 Å². The van der Waals surface area contributed by atoms with E-state index in [2.05, 4.69) is 9.97 Å². The normalized spacial score (nSPS) is 12.5. The van der Waals surface area contributed by atoms with E-state index < -0.39 is 16.8 Å². The Bertz CT molecular complexity index is 378. The fraction of sp³-hybridized carbons (Fsp3) is 0.286. The van der Waals surface area contributed by atoms with Gasteiger partial charge in [0.15, 0.2) is 0 Å². The Labute approximate surface area is 77.3 Å². The van der Waals surface area contributed by atoms with Gasteiger partial charge in [-0.1, -0.05) is 0 Å². The van der Waals surface area contributed by atoms with Crippen LogP contribution < -0.4 is 0 Å². The predicted octanol–water partition coefficient (Wildman–Crippen LogP) is 0.221. The second-order valence-corrected chi connectivity index (χ2v) is 3.68. The summed E-state index contributed by atoms with van der Waals surface area (Å²) in [5, 5.41) is 8.79. The highest BCUT2D eigenvalue weighted by molar-refractivity contribution is 7.84. The topological polar surface area (TPSA) is 80.2 Å². The van der Waals surface area contributed by atoms with Gasteiger partial charge in [0.2, 0.25) is 5.16 Å². The van der Waals surface area contributed by atoms with Crippen LogP contribution in [-0.2, 0) is 10.8 Å². The minimum Gasteiger partial charge on any atom is -0.478 e. The van der Waals surface area contributed by atoms with Gasteiger partial charge in [0, 0.05) is 12.5 Å². The fourth-order valence-electron chi connectivity index (χ4n) is 0.794. The van der Waals surface area contributed by atoms with Crippen LogP contribution in [0.15, 0.2) is 11.4 Å². The van der Waals surface area contributed by atoms with Crippen LogP contribution in [0.1, 0.15) is 16.1 Å². The van der Waals surface area contributed by atoms with Crippen molar-refractivity contribution in [3.63, 3.8) is 0 Å². The summed E-state index contributed by atoms with van der Waals surface area (Å²) in [5.41, 5.74) is 0.363. The zero-order valence-electron chi connectivity index (χ0n) is 7.14. The third kappa shape index (κ3) is 2.09. The summed E-state index contributed by atoms with van der Waals surface area (Å²) >= 11 is 0. The summed E-state index contributed by atoms with van der Waals surface area (Å²) in [4.78, 5) is 18.0. The molecule has 0 radical (unpaired) electrons. The van der Waals surface area contributed by atoms with Crippen LogP contribution in [0.25, 0.3) is 0 Å². The van der Waals surface area contributed by atoms with Gasteiger partial charge in [-0.2, -0.15) is 0 Å². The lowest BCUT2D eigenvalue weighted by Gasteiger charge is -2.00. The predicted molar refractivity (Wildman–Crippen MR) is 46.1 cm³/mol. The van der Waals surface area contributed by atoms with Crippen molar-refractivity contribution < 1.29 is 14.1 Å². The number of carboxylic acids is 1. The van der Waals surface area contributed by atoms with Crippen molar-refractivity contribution in [2.75, 3.05) is 6.26 Å². The molecule has 13 heavy (non-hydrogen) atoms. The van der Waals surface area contributed by atoms with Gasteiger partial charge in [-0.25, -0.2) is 14.8 Å². The highest BCUT2D eigenvalue weighted by Gasteiger charge is 2.10. The summed E-state index contributed by atoms with van der Waals surface area (Å²) in [5.74, 6) is -1.08. The summed E-state index contributed by atoms with van der Waals surface area (Å²) in [7, 11) is -1.28. The molecule has 5 nitrogen and oxygen atoms in total. The van der Waals surface area contributed by atoms with Gasteiger partial charge < -0.3 is 5.11 Å². The Morgan fingerprint density at radius 3 is 2.62 bits per heavy atom. The first-order valence-corrected chi connectivity index (χ1v) is 4.98. The highest BCUT2D eigenvalue weighted by Crippen LogP contribution is 2.05. The lowest BCUT2D eigenvalue weighted by molar-refractivity contribution is 0.0694. The minimum atomic E-state index is -1.28. The van der Waals surface area contributed by atoms with Crippen molar-refractivity contribution in [1.82, 2.24) is 9.97 Å². The number of aryl methyl sites for hydroxylation is 1. The molecule has 70 valence electrons. The average Bonchev–Trinajstić information content (AvgIpc) is 2.03. The fourth-order valence-corrected chi connectivity index (χ4v) is 1.26. The Kier molecular flexibility index (Phi) is 2.72. The number of carbonyl (C=O) groups is 1. The molecule has 1 heterocycles. The standard InChI is InChI=1S/C7H8N2O3S/c1-4-5(6(10)11)3-8-7(9-4)13(2)12/h3H,1-2H3,(H,10,11). The van der Waals surface area contributed by atoms with Crippen LogP contribution >= 0.6 is 0 Å². The van der Waals surface area contributed by atoms with E-state index in [1.54, 1.807) is 6.92 Å². The molecule has 0 fully saturated rings. The molecule has 0 aliphatic carbocycles. The van der Waals surface area contributed by atoms with E-state index in [0.29, 0.717) is 5.69 Å². The molecule has 1 aromatic rings. The Balaban J connectivity index is 3.20. The maximum atomic E-state index is 10.9. The van der Waals surface area contributed by atoms with Gasteiger partial charge in [0.1, 0.15) is 0 Å². The first kappa shape index (κ1) is 9.79. The zero-order chi connectivity index (χ0) is 10.0.